The smallest absolute Gasteiger partial charge is 0.326 e. The van der Waals surface area contributed by atoms with Gasteiger partial charge in [-0.25, -0.2) is 4.79 Å². The van der Waals surface area contributed by atoms with Gasteiger partial charge in [0.15, 0.2) is 0 Å². The molecule has 0 bridgehead atoms. The number of hydrogen-bond donors (Lipinski definition) is 4. The molecule has 0 aromatic heterocycles. The molecule has 0 saturated heterocycles. The highest BCUT2D eigenvalue weighted by atomic mass is 16.4. The number of carbonyl (C=O) groups is 3. The average Bonchev–Trinajstić information content (AvgIpc) is 2.50. The van der Waals surface area contributed by atoms with Crippen molar-refractivity contribution in [2.75, 3.05) is 0 Å². The number of carboxylic acid groups (broad SMARTS) is 2. The Morgan fingerprint density at radius 3 is 2.04 bits per heavy atom. The number of rotatable bonds is 9. The highest BCUT2D eigenvalue weighted by Crippen LogP contribution is 2.08. The van der Waals surface area contributed by atoms with E-state index in [1.807, 2.05) is 26.8 Å². The van der Waals surface area contributed by atoms with E-state index in [0.717, 1.165) is 5.56 Å². The zero-order valence-electron chi connectivity index (χ0n) is 14.8. The molecule has 0 aliphatic rings. The lowest BCUT2D eigenvalue weighted by molar-refractivity contribution is -0.142. The van der Waals surface area contributed by atoms with Crippen molar-refractivity contribution in [3.8, 4) is 0 Å². The predicted octanol–water partition coefficient (Wildman–Crippen LogP) is 1.42. The average molecular weight is 350 g/mol. The van der Waals surface area contributed by atoms with Gasteiger partial charge in [0.2, 0.25) is 5.91 Å². The monoisotopic (exact) mass is 350 g/mol. The maximum absolute atomic E-state index is 12.0. The molecule has 0 fully saturated rings. The summed E-state index contributed by atoms with van der Waals surface area (Å²) in [5.41, 5.74) is 0.393. The number of nitrogens with one attached hydrogen (secondary N) is 2. The SMILES string of the molecule is CC(C)(C)N[C@@H](CCC(=O)N[C@H](Cc1ccccc1)C(=O)O)C(=O)O. The first kappa shape index (κ1) is 20.6. The summed E-state index contributed by atoms with van der Waals surface area (Å²) in [5.74, 6) is -2.65. The van der Waals surface area contributed by atoms with Crippen LogP contribution >= 0.6 is 0 Å². The molecule has 0 heterocycles. The molecular weight excluding hydrogens is 324 g/mol. The molecule has 4 N–H and O–H groups in total. The van der Waals surface area contributed by atoms with E-state index in [1.165, 1.54) is 0 Å². The maximum atomic E-state index is 12.0. The zero-order chi connectivity index (χ0) is 19.0. The minimum absolute atomic E-state index is 0.0708. The molecule has 1 rings (SSSR count). The molecule has 1 amide bonds. The minimum atomic E-state index is -1.13. The highest BCUT2D eigenvalue weighted by molar-refractivity contribution is 5.84. The molecule has 138 valence electrons. The van der Waals surface area contributed by atoms with Gasteiger partial charge in [-0.1, -0.05) is 30.3 Å². The van der Waals surface area contributed by atoms with Gasteiger partial charge in [0, 0.05) is 18.4 Å². The van der Waals surface area contributed by atoms with Crippen molar-refractivity contribution in [1.29, 1.82) is 0 Å². The number of amides is 1. The van der Waals surface area contributed by atoms with Gasteiger partial charge >= 0.3 is 11.9 Å². The minimum Gasteiger partial charge on any atom is -0.480 e. The summed E-state index contributed by atoms with van der Waals surface area (Å²) in [6.07, 6.45) is 0.180. The van der Waals surface area contributed by atoms with E-state index in [2.05, 4.69) is 10.6 Å². The van der Waals surface area contributed by atoms with E-state index in [0.29, 0.717) is 0 Å². The van der Waals surface area contributed by atoms with Crippen molar-refractivity contribution in [3.63, 3.8) is 0 Å². The van der Waals surface area contributed by atoms with Crippen molar-refractivity contribution in [2.24, 2.45) is 0 Å². The molecule has 0 aliphatic carbocycles. The molecule has 1 aromatic rings. The second-order valence-corrected chi connectivity index (χ2v) is 6.97. The van der Waals surface area contributed by atoms with Gasteiger partial charge in [-0.15, -0.1) is 0 Å². The first-order chi connectivity index (χ1) is 11.6. The Labute approximate surface area is 147 Å². The third kappa shape index (κ3) is 8.30. The van der Waals surface area contributed by atoms with Gasteiger partial charge in [-0.2, -0.15) is 0 Å². The fourth-order valence-corrected chi connectivity index (χ4v) is 2.37. The normalized spacial score (nSPS) is 13.7. The lowest BCUT2D eigenvalue weighted by atomic mass is 10.0. The zero-order valence-corrected chi connectivity index (χ0v) is 14.8. The van der Waals surface area contributed by atoms with Crippen molar-refractivity contribution in [1.82, 2.24) is 10.6 Å². The van der Waals surface area contributed by atoms with E-state index >= 15 is 0 Å². The molecule has 0 aliphatic heterocycles. The van der Waals surface area contributed by atoms with Gasteiger partial charge < -0.3 is 15.5 Å². The van der Waals surface area contributed by atoms with Gasteiger partial charge in [0.05, 0.1) is 0 Å². The summed E-state index contributed by atoms with van der Waals surface area (Å²) in [7, 11) is 0. The number of carbonyl (C=O) groups excluding carboxylic acids is 1. The van der Waals surface area contributed by atoms with Crippen LogP contribution in [0.2, 0.25) is 0 Å². The summed E-state index contributed by atoms with van der Waals surface area (Å²) < 4.78 is 0. The molecule has 25 heavy (non-hydrogen) atoms. The third-order valence-electron chi connectivity index (χ3n) is 3.48. The Balaban J connectivity index is 2.59. The number of hydrogen-bond acceptors (Lipinski definition) is 4. The molecule has 7 heteroatoms. The lowest BCUT2D eigenvalue weighted by Crippen LogP contribution is -2.48. The number of aliphatic carboxylic acids is 2. The first-order valence-corrected chi connectivity index (χ1v) is 8.15. The van der Waals surface area contributed by atoms with Crippen molar-refractivity contribution in [3.05, 3.63) is 35.9 Å². The number of carboxylic acids is 2. The summed E-state index contributed by atoms with van der Waals surface area (Å²) >= 11 is 0. The Morgan fingerprint density at radius 1 is 1.00 bits per heavy atom. The second-order valence-electron chi connectivity index (χ2n) is 6.97. The fourth-order valence-electron chi connectivity index (χ4n) is 2.37. The van der Waals surface area contributed by atoms with Gasteiger partial charge in [0.1, 0.15) is 12.1 Å². The molecule has 7 nitrogen and oxygen atoms in total. The van der Waals surface area contributed by atoms with Crippen molar-refractivity contribution in [2.45, 2.75) is 57.7 Å². The van der Waals surface area contributed by atoms with Crippen LogP contribution in [-0.2, 0) is 20.8 Å². The van der Waals surface area contributed by atoms with E-state index in [9.17, 15) is 24.6 Å². The first-order valence-electron chi connectivity index (χ1n) is 8.15. The Bertz CT molecular complexity index is 595. The number of benzene rings is 1. The molecule has 0 radical (unpaired) electrons. The quantitative estimate of drug-likeness (QED) is 0.535. The van der Waals surface area contributed by atoms with Crippen LogP contribution in [0.4, 0.5) is 0 Å². The topological polar surface area (TPSA) is 116 Å². The lowest BCUT2D eigenvalue weighted by Gasteiger charge is -2.26. The maximum Gasteiger partial charge on any atom is 0.326 e. The Hall–Kier alpha value is -2.41. The molecule has 2 atom stereocenters. The van der Waals surface area contributed by atoms with Crippen molar-refractivity contribution < 1.29 is 24.6 Å². The second kappa shape index (κ2) is 9.17. The van der Waals surface area contributed by atoms with E-state index in [4.69, 9.17) is 0 Å². The summed E-state index contributed by atoms with van der Waals surface area (Å²) in [6, 6.07) is 7.08. The van der Waals surface area contributed by atoms with Crippen LogP contribution in [0.25, 0.3) is 0 Å². The van der Waals surface area contributed by atoms with Crippen LogP contribution in [0.1, 0.15) is 39.2 Å². The molecule has 1 aromatic carbocycles. The summed E-state index contributed by atoms with van der Waals surface area (Å²) in [6.45, 7) is 5.51. The van der Waals surface area contributed by atoms with Crippen LogP contribution in [0, 0.1) is 0 Å². The van der Waals surface area contributed by atoms with Crippen LogP contribution in [0.3, 0.4) is 0 Å². The third-order valence-corrected chi connectivity index (χ3v) is 3.48. The van der Waals surface area contributed by atoms with E-state index in [-0.39, 0.29) is 19.3 Å². The standard InChI is InChI=1S/C18H26N2O5/c1-18(2,3)20-13(16(22)23)9-10-15(21)19-14(17(24)25)11-12-7-5-4-6-8-12/h4-8,13-14,20H,9-11H2,1-3H3,(H,19,21)(H,22,23)(H,24,25)/t13-,14+/m0/s1. The van der Waals surface area contributed by atoms with Crippen LogP contribution < -0.4 is 10.6 Å². The molecular formula is C18H26N2O5. The summed E-state index contributed by atoms with van der Waals surface area (Å²) in [4.78, 5) is 34.7. The van der Waals surface area contributed by atoms with Crippen LogP contribution in [-0.4, -0.2) is 45.7 Å². The fraction of sp³-hybridized carbons (Fsp3) is 0.500. The Kier molecular flexibility index (Phi) is 7.57. The molecule has 0 spiro atoms. The Morgan fingerprint density at radius 2 is 1.56 bits per heavy atom. The largest absolute Gasteiger partial charge is 0.480 e. The predicted molar refractivity (Wildman–Crippen MR) is 93.3 cm³/mol. The summed E-state index contributed by atoms with van der Waals surface area (Å²) in [5, 5.41) is 23.9. The van der Waals surface area contributed by atoms with Crippen molar-refractivity contribution >= 4 is 17.8 Å². The molecule has 0 unspecified atom stereocenters. The van der Waals surface area contributed by atoms with Crippen LogP contribution in [0.15, 0.2) is 30.3 Å². The highest BCUT2D eigenvalue weighted by Gasteiger charge is 2.25. The van der Waals surface area contributed by atoms with E-state index in [1.54, 1.807) is 24.3 Å². The van der Waals surface area contributed by atoms with Gasteiger partial charge in [-0.3, -0.25) is 14.9 Å². The van der Waals surface area contributed by atoms with Gasteiger partial charge in [-0.05, 0) is 32.8 Å². The molecule has 0 saturated carbocycles. The van der Waals surface area contributed by atoms with Crippen LogP contribution in [0.5, 0.6) is 0 Å². The van der Waals surface area contributed by atoms with Gasteiger partial charge in [0.25, 0.3) is 0 Å². The van der Waals surface area contributed by atoms with E-state index < -0.39 is 35.5 Å².